The van der Waals surface area contributed by atoms with Gasteiger partial charge in [-0.2, -0.15) is 0 Å². The van der Waals surface area contributed by atoms with E-state index >= 15 is 0 Å². The van der Waals surface area contributed by atoms with E-state index in [4.69, 9.17) is 24.9 Å². The van der Waals surface area contributed by atoms with Crippen LogP contribution >= 0.6 is 0 Å². The summed E-state index contributed by atoms with van der Waals surface area (Å²) in [4.78, 5) is 25.2. The van der Waals surface area contributed by atoms with Crippen molar-refractivity contribution in [3.05, 3.63) is 237 Å². The van der Waals surface area contributed by atoms with Crippen molar-refractivity contribution in [1.29, 1.82) is 0 Å². The minimum atomic E-state index is 0.627. The van der Waals surface area contributed by atoms with E-state index in [1.807, 2.05) is 97.1 Å². The van der Waals surface area contributed by atoms with Gasteiger partial charge in [-0.1, -0.05) is 231 Å². The molecule has 0 spiro atoms. The summed E-state index contributed by atoms with van der Waals surface area (Å²) in [6.45, 7) is 0. The lowest BCUT2D eigenvalue weighted by Crippen LogP contribution is -2.00. The second-order valence-corrected chi connectivity index (χ2v) is 15.6. The summed E-state index contributed by atoms with van der Waals surface area (Å²) in [7, 11) is 0. The van der Waals surface area contributed by atoms with Crippen LogP contribution in [0.1, 0.15) is 0 Å². The van der Waals surface area contributed by atoms with Crippen LogP contribution in [0.3, 0.4) is 0 Å². The lowest BCUT2D eigenvalue weighted by molar-refractivity contribution is 1.07. The van der Waals surface area contributed by atoms with Crippen molar-refractivity contribution in [2.75, 3.05) is 0 Å². The van der Waals surface area contributed by atoms with Crippen molar-refractivity contribution in [2.45, 2.75) is 0 Å². The molecule has 0 radical (unpaired) electrons. The van der Waals surface area contributed by atoms with Gasteiger partial charge in [0.15, 0.2) is 23.3 Å². The SMILES string of the molecule is c1ccc(-c2cc(-c3ccccc3)nc(-c3ccccc3-c3ccc(-c4c(-c5ccc(-c6nc(-c7ccccc7)nc(-c7ccccc7)n6)cc5)ccc5ccccc45)cc3)n2)cc1. The third kappa shape index (κ3) is 7.63. The number of hydrogen-bond acceptors (Lipinski definition) is 5. The molecular formula is C59H39N5. The number of rotatable bonds is 9. The van der Waals surface area contributed by atoms with Crippen molar-refractivity contribution >= 4 is 10.8 Å². The molecule has 11 aromatic rings. The van der Waals surface area contributed by atoms with Crippen LogP contribution in [-0.4, -0.2) is 24.9 Å². The van der Waals surface area contributed by atoms with Crippen molar-refractivity contribution in [2.24, 2.45) is 0 Å². The summed E-state index contributed by atoms with van der Waals surface area (Å²) < 4.78 is 0. The van der Waals surface area contributed by atoms with Crippen LogP contribution in [0.25, 0.3) is 112 Å². The van der Waals surface area contributed by atoms with Crippen LogP contribution in [0.15, 0.2) is 237 Å². The molecule has 0 atom stereocenters. The Kier molecular flexibility index (Phi) is 10.2. The first-order valence-corrected chi connectivity index (χ1v) is 21.4. The zero-order valence-corrected chi connectivity index (χ0v) is 34.8. The number of fused-ring (bicyclic) bond motifs is 1. The summed E-state index contributed by atoms with van der Waals surface area (Å²) >= 11 is 0. The Bertz CT molecular complexity index is 3280. The molecule has 5 nitrogen and oxygen atoms in total. The highest BCUT2D eigenvalue weighted by molar-refractivity contribution is 6.04. The van der Waals surface area contributed by atoms with E-state index in [0.29, 0.717) is 23.3 Å². The Morgan fingerprint density at radius 3 is 1.14 bits per heavy atom. The molecule has 2 heterocycles. The fourth-order valence-electron chi connectivity index (χ4n) is 8.39. The highest BCUT2D eigenvalue weighted by Crippen LogP contribution is 2.41. The van der Waals surface area contributed by atoms with Crippen LogP contribution in [-0.2, 0) is 0 Å². The lowest BCUT2D eigenvalue weighted by Gasteiger charge is -2.16. The number of hydrogen-bond donors (Lipinski definition) is 0. The van der Waals surface area contributed by atoms with Crippen molar-refractivity contribution < 1.29 is 0 Å². The van der Waals surface area contributed by atoms with Gasteiger partial charge < -0.3 is 0 Å². The number of benzene rings is 9. The first-order valence-electron chi connectivity index (χ1n) is 21.4. The lowest BCUT2D eigenvalue weighted by atomic mass is 9.88. The average Bonchev–Trinajstić information content (AvgIpc) is 3.39. The Morgan fingerprint density at radius 1 is 0.219 bits per heavy atom. The minimum Gasteiger partial charge on any atom is -0.228 e. The van der Waals surface area contributed by atoms with Crippen LogP contribution in [0.4, 0.5) is 0 Å². The summed E-state index contributed by atoms with van der Waals surface area (Å²) in [6, 6.07) is 81.9. The highest BCUT2D eigenvalue weighted by atomic mass is 15.0. The fourth-order valence-corrected chi connectivity index (χ4v) is 8.39. The van der Waals surface area contributed by atoms with E-state index in [9.17, 15) is 0 Å². The van der Waals surface area contributed by atoms with Crippen molar-refractivity contribution in [1.82, 2.24) is 24.9 Å². The maximum Gasteiger partial charge on any atom is 0.164 e. The van der Waals surface area contributed by atoms with E-state index < -0.39 is 0 Å². The van der Waals surface area contributed by atoms with Crippen LogP contribution in [0.5, 0.6) is 0 Å². The van der Waals surface area contributed by atoms with Gasteiger partial charge in [0.05, 0.1) is 11.4 Å². The van der Waals surface area contributed by atoms with Crippen molar-refractivity contribution in [3.8, 4) is 101 Å². The normalized spacial score (nSPS) is 11.1. The molecule has 5 heteroatoms. The van der Waals surface area contributed by atoms with Gasteiger partial charge in [0, 0.05) is 33.4 Å². The minimum absolute atomic E-state index is 0.627. The van der Waals surface area contributed by atoms with Crippen molar-refractivity contribution in [3.63, 3.8) is 0 Å². The molecule has 0 unspecified atom stereocenters. The van der Waals surface area contributed by atoms with Gasteiger partial charge in [0.25, 0.3) is 0 Å². The summed E-state index contributed by atoms with van der Waals surface area (Å²) in [5.41, 5.74) is 14.3. The summed E-state index contributed by atoms with van der Waals surface area (Å²) in [6.07, 6.45) is 0. The molecular weight excluding hydrogens is 779 g/mol. The maximum absolute atomic E-state index is 5.17. The van der Waals surface area contributed by atoms with E-state index in [2.05, 4.69) is 140 Å². The molecule has 0 bridgehead atoms. The van der Waals surface area contributed by atoms with E-state index in [1.165, 1.54) is 16.3 Å². The molecule has 0 aliphatic carbocycles. The van der Waals surface area contributed by atoms with Crippen LogP contribution in [0, 0.1) is 0 Å². The third-order valence-electron chi connectivity index (χ3n) is 11.6. The van der Waals surface area contributed by atoms with Gasteiger partial charge >= 0.3 is 0 Å². The smallest absolute Gasteiger partial charge is 0.164 e. The largest absolute Gasteiger partial charge is 0.228 e. The van der Waals surface area contributed by atoms with Gasteiger partial charge in [-0.05, 0) is 50.2 Å². The first kappa shape index (κ1) is 38.3. The standard InChI is InChI=1S/C59H39N5/c1-5-18-43(19-6-1)53-39-54(44-20-7-2-8-21-44)61-59(60-53)52-28-16-15-26-49(52)41-29-33-45(34-30-41)55-50-27-14-13-17-40(50)37-38-51(55)42-31-35-48(36-32-42)58-63-56(46-22-9-3-10-23-46)62-57(64-58)47-24-11-4-12-25-47/h1-39H. The van der Waals surface area contributed by atoms with Gasteiger partial charge in [-0.15, -0.1) is 0 Å². The monoisotopic (exact) mass is 817 g/mol. The Labute approximate surface area is 372 Å². The maximum atomic E-state index is 5.17. The molecule has 2 aromatic heterocycles. The first-order chi connectivity index (χ1) is 31.7. The van der Waals surface area contributed by atoms with Gasteiger partial charge in [0.2, 0.25) is 0 Å². The molecule has 9 aromatic carbocycles. The molecule has 0 saturated heterocycles. The second-order valence-electron chi connectivity index (χ2n) is 15.6. The zero-order chi connectivity index (χ0) is 42.7. The van der Waals surface area contributed by atoms with Crippen LogP contribution < -0.4 is 0 Å². The summed E-state index contributed by atoms with van der Waals surface area (Å²) in [5, 5.41) is 2.37. The zero-order valence-electron chi connectivity index (χ0n) is 34.8. The molecule has 64 heavy (non-hydrogen) atoms. The molecule has 0 amide bonds. The molecule has 11 rings (SSSR count). The van der Waals surface area contributed by atoms with Gasteiger partial charge in [0.1, 0.15) is 0 Å². The average molecular weight is 818 g/mol. The predicted octanol–water partition coefficient (Wildman–Crippen LogP) is 14.8. The molecule has 0 aliphatic rings. The number of aromatic nitrogens is 5. The van der Waals surface area contributed by atoms with E-state index in [1.54, 1.807) is 0 Å². The second kappa shape index (κ2) is 17.0. The Hall–Kier alpha value is -8.67. The van der Waals surface area contributed by atoms with Crippen LogP contribution in [0.2, 0.25) is 0 Å². The quantitative estimate of drug-likeness (QED) is 0.145. The topological polar surface area (TPSA) is 64.5 Å². The summed E-state index contributed by atoms with van der Waals surface area (Å²) in [5.74, 6) is 2.59. The molecule has 0 saturated carbocycles. The van der Waals surface area contributed by atoms with Gasteiger partial charge in [-0.25, -0.2) is 24.9 Å². The van der Waals surface area contributed by atoms with Gasteiger partial charge in [-0.3, -0.25) is 0 Å². The fraction of sp³-hybridized carbons (Fsp3) is 0. The molecule has 300 valence electrons. The Morgan fingerprint density at radius 2 is 0.609 bits per heavy atom. The molecule has 0 aliphatic heterocycles. The predicted molar refractivity (Wildman–Crippen MR) is 262 cm³/mol. The molecule has 0 fully saturated rings. The molecule has 0 N–H and O–H groups in total. The van der Waals surface area contributed by atoms with E-state index in [0.717, 1.165) is 72.6 Å². The number of nitrogens with zero attached hydrogens (tertiary/aromatic N) is 5. The Balaban J connectivity index is 0.974. The highest BCUT2D eigenvalue weighted by Gasteiger charge is 2.18. The van der Waals surface area contributed by atoms with E-state index in [-0.39, 0.29) is 0 Å². The third-order valence-corrected chi connectivity index (χ3v) is 11.6.